The van der Waals surface area contributed by atoms with Gasteiger partial charge in [-0.15, -0.1) is 0 Å². The van der Waals surface area contributed by atoms with Crippen LogP contribution in [0.15, 0.2) is 18.2 Å². The Morgan fingerprint density at radius 3 is 2.67 bits per heavy atom. The minimum absolute atomic E-state index is 0.230. The van der Waals surface area contributed by atoms with Gasteiger partial charge in [-0.05, 0) is 44.2 Å². The summed E-state index contributed by atoms with van der Waals surface area (Å²) in [6.07, 6.45) is 1.09. The lowest BCUT2D eigenvalue weighted by atomic mass is 10.2. The Labute approximate surface area is 114 Å². The van der Waals surface area contributed by atoms with Crippen molar-refractivity contribution in [1.82, 2.24) is 10.2 Å². The molecule has 0 spiro atoms. The summed E-state index contributed by atoms with van der Waals surface area (Å²) in [6.45, 7) is 9.15. The van der Waals surface area contributed by atoms with E-state index in [1.54, 1.807) is 6.07 Å². The van der Waals surface area contributed by atoms with Gasteiger partial charge in [0.15, 0.2) is 0 Å². The van der Waals surface area contributed by atoms with E-state index in [0.29, 0.717) is 6.54 Å². The zero-order valence-electron chi connectivity index (χ0n) is 11.2. The largest absolute Gasteiger partial charge is 0.313 e. The molecule has 0 aliphatic carbocycles. The first-order valence-corrected chi connectivity index (χ1v) is 6.92. The van der Waals surface area contributed by atoms with Gasteiger partial charge in [-0.1, -0.05) is 37.6 Å². The van der Waals surface area contributed by atoms with Gasteiger partial charge in [0.05, 0.1) is 5.02 Å². The molecule has 0 saturated heterocycles. The summed E-state index contributed by atoms with van der Waals surface area (Å²) in [7, 11) is 0. The van der Waals surface area contributed by atoms with Crippen LogP contribution in [-0.2, 0) is 6.54 Å². The summed E-state index contributed by atoms with van der Waals surface area (Å²) in [5.41, 5.74) is 0.819. The van der Waals surface area contributed by atoms with Crippen LogP contribution in [0.3, 0.4) is 0 Å². The lowest BCUT2D eigenvalue weighted by Gasteiger charge is -2.17. The van der Waals surface area contributed by atoms with Gasteiger partial charge >= 0.3 is 0 Å². The lowest BCUT2D eigenvalue weighted by Crippen LogP contribution is -2.27. The molecule has 1 rings (SSSR count). The van der Waals surface area contributed by atoms with Crippen molar-refractivity contribution in [3.63, 3.8) is 0 Å². The van der Waals surface area contributed by atoms with Crippen molar-refractivity contribution in [2.75, 3.05) is 26.2 Å². The predicted molar refractivity (Wildman–Crippen MR) is 75.5 cm³/mol. The molecule has 18 heavy (non-hydrogen) atoms. The number of benzene rings is 1. The number of hydrogen-bond acceptors (Lipinski definition) is 2. The molecule has 0 atom stereocenters. The van der Waals surface area contributed by atoms with Gasteiger partial charge in [0.25, 0.3) is 0 Å². The van der Waals surface area contributed by atoms with Crippen LogP contribution in [0, 0.1) is 5.82 Å². The van der Waals surface area contributed by atoms with Crippen molar-refractivity contribution in [2.45, 2.75) is 26.8 Å². The smallest absolute Gasteiger partial charge is 0.142 e. The van der Waals surface area contributed by atoms with Crippen LogP contribution in [0.1, 0.15) is 25.8 Å². The van der Waals surface area contributed by atoms with Gasteiger partial charge in [-0.3, -0.25) is 0 Å². The summed E-state index contributed by atoms with van der Waals surface area (Å²) in [4.78, 5) is 2.39. The zero-order valence-corrected chi connectivity index (χ0v) is 11.9. The van der Waals surface area contributed by atoms with Crippen LogP contribution in [0.4, 0.5) is 4.39 Å². The summed E-state index contributed by atoms with van der Waals surface area (Å²) in [5, 5.41) is 3.53. The third-order valence-electron chi connectivity index (χ3n) is 3.07. The van der Waals surface area contributed by atoms with Gasteiger partial charge in [0, 0.05) is 6.54 Å². The Hall–Kier alpha value is -0.640. The first-order valence-electron chi connectivity index (χ1n) is 6.55. The molecule has 1 aromatic rings. The van der Waals surface area contributed by atoms with Crippen molar-refractivity contribution >= 4 is 11.6 Å². The summed E-state index contributed by atoms with van der Waals surface area (Å²) in [5.74, 6) is -0.348. The number of nitrogens with zero attached hydrogens (tertiary/aromatic N) is 1. The lowest BCUT2D eigenvalue weighted by molar-refractivity contribution is 0.298. The molecule has 1 aromatic carbocycles. The fraction of sp³-hybridized carbons (Fsp3) is 0.571. The standard InChI is InChI=1S/C14H22ClFN2/c1-3-18(4-2)10-6-9-17-11-12-7-5-8-13(16)14(12)15/h5,7-8,17H,3-4,6,9-11H2,1-2H3. The Morgan fingerprint density at radius 2 is 2.00 bits per heavy atom. The zero-order chi connectivity index (χ0) is 13.4. The Morgan fingerprint density at radius 1 is 1.28 bits per heavy atom. The molecule has 0 radical (unpaired) electrons. The molecule has 0 bridgehead atoms. The Kier molecular flexibility index (Phi) is 7.25. The molecule has 0 unspecified atom stereocenters. The fourth-order valence-corrected chi connectivity index (χ4v) is 2.07. The minimum atomic E-state index is -0.348. The van der Waals surface area contributed by atoms with Crippen LogP contribution in [0.5, 0.6) is 0 Å². The van der Waals surface area contributed by atoms with Crippen LogP contribution in [0.2, 0.25) is 5.02 Å². The summed E-state index contributed by atoms with van der Waals surface area (Å²) in [6, 6.07) is 4.92. The van der Waals surface area contributed by atoms with Gasteiger partial charge in [0.1, 0.15) is 5.82 Å². The number of rotatable bonds is 8. The highest BCUT2D eigenvalue weighted by atomic mass is 35.5. The second-order valence-corrected chi connectivity index (χ2v) is 4.65. The maximum Gasteiger partial charge on any atom is 0.142 e. The predicted octanol–water partition coefficient (Wildman–Crippen LogP) is 3.30. The third-order valence-corrected chi connectivity index (χ3v) is 3.49. The second kappa shape index (κ2) is 8.46. The Bertz CT molecular complexity index is 354. The molecule has 0 heterocycles. The van der Waals surface area contributed by atoms with Gasteiger partial charge in [0.2, 0.25) is 0 Å². The highest BCUT2D eigenvalue weighted by molar-refractivity contribution is 6.31. The molecule has 0 fully saturated rings. The van der Waals surface area contributed by atoms with Crippen molar-refractivity contribution < 1.29 is 4.39 Å². The number of halogens is 2. The van der Waals surface area contributed by atoms with E-state index in [4.69, 9.17) is 11.6 Å². The molecule has 0 aromatic heterocycles. The molecule has 2 nitrogen and oxygen atoms in total. The Balaban J connectivity index is 2.24. The van der Waals surface area contributed by atoms with E-state index in [1.807, 2.05) is 6.07 Å². The van der Waals surface area contributed by atoms with Crippen molar-refractivity contribution in [2.24, 2.45) is 0 Å². The maximum absolute atomic E-state index is 13.2. The third kappa shape index (κ3) is 4.92. The molecular formula is C14H22ClFN2. The number of hydrogen-bond donors (Lipinski definition) is 1. The average molecular weight is 273 g/mol. The SMILES string of the molecule is CCN(CC)CCCNCc1cccc(F)c1Cl. The quantitative estimate of drug-likeness (QED) is 0.731. The first kappa shape index (κ1) is 15.4. The van der Waals surface area contributed by atoms with Crippen molar-refractivity contribution in [1.29, 1.82) is 0 Å². The molecule has 4 heteroatoms. The minimum Gasteiger partial charge on any atom is -0.313 e. The van der Waals surface area contributed by atoms with E-state index < -0.39 is 0 Å². The van der Waals surface area contributed by atoms with E-state index >= 15 is 0 Å². The molecule has 102 valence electrons. The average Bonchev–Trinajstić information content (AvgIpc) is 2.38. The second-order valence-electron chi connectivity index (χ2n) is 4.27. The normalized spacial score (nSPS) is 11.2. The summed E-state index contributed by atoms with van der Waals surface area (Å²) < 4.78 is 13.2. The molecule has 0 aliphatic heterocycles. The molecule has 1 N–H and O–H groups in total. The van der Waals surface area contributed by atoms with E-state index in [1.165, 1.54) is 6.07 Å². The van der Waals surface area contributed by atoms with Crippen LogP contribution >= 0.6 is 11.6 Å². The van der Waals surface area contributed by atoms with Crippen LogP contribution in [0.25, 0.3) is 0 Å². The van der Waals surface area contributed by atoms with E-state index in [-0.39, 0.29) is 10.8 Å². The van der Waals surface area contributed by atoms with Crippen LogP contribution in [-0.4, -0.2) is 31.1 Å². The number of nitrogens with one attached hydrogen (secondary N) is 1. The monoisotopic (exact) mass is 272 g/mol. The molecular weight excluding hydrogens is 251 g/mol. The van der Waals surface area contributed by atoms with Gasteiger partial charge < -0.3 is 10.2 Å². The van der Waals surface area contributed by atoms with Gasteiger partial charge in [-0.25, -0.2) is 4.39 Å². The first-order chi connectivity index (χ1) is 8.69. The molecule has 0 saturated carbocycles. The van der Waals surface area contributed by atoms with Crippen molar-refractivity contribution in [3.8, 4) is 0 Å². The van der Waals surface area contributed by atoms with E-state index in [0.717, 1.165) is 38.2 Å². The van der Waals surface area contributed by atoms with E-state index in [9.17, 15) is 4.39 Å². The van der Waals surface area contributed by atoms with E-state index in [2.05, 4.69) is 24.1 Å². The van der Waals surface area contributed by atoms with Crippen molar-refractivity contribution in [3.05, 3.63) is 34.6 Å². The topological polar surface area (TPSA) is 15.3 Å². The molecule has 0 aliphatic rings. The fourth-order valence-electron chi connectivity index (χ4n) is 1.88. The maximum atomic E-state index is 13.2. The molecule has 0 amide bonds. The van der Waals surface area contributed by atoms with Crippen LogP contribution < -0.4 is 5.32 Å². The summed E-state index contributed by atoms with van der Waals surface area (Å²) >= 11 is 5.88. The highest BCUT2D eigenvalue weighted by Gasteiger charge is 2.04. The van der Waals surface area contributed by atoms with Gasteiger partial charge in [-0.2, -0.15) is 0 Å². The highest BCUT2D eigenvalue weighted by Crippen LogP contribution is 2.19.